The van der Waals surface area contributed by atoms with Gasteiger partial charge in [-0.15, -0.1) is 11.8 Å². The van der Waals surface area contributed by atoms with Gasteiger partial charge in [0.2, 0.25) is 5.91 Å². The van der Waals surface area contributed by atoms with Crippen LogP contribution in [0.5, 0.6) is 5.75 Å². The SMILES string of the molecule is COc1cccc(CNC(=O)CCSc2ccc(Cl)cc2)c1. The summed E-state index contributed by atoms with van der Waals surface area (Å²) in [7, 11) is 1.63. The normalized spacial score (nSPS) is 10.3. The van der Waals surface area contributed by atoms with Crippen LogP contribution in [0.3, 0.4) is 0 Å². The molecule has 2 aromatic carbocycles. The van der Waals surface area contributed by atoms with Gasteiger partial charge in [-0.3, -0.25) is 4.79 Å². The van der Waals surface area contributed by atoms with E-state index in [2.05, 4.69) is 5.32 Å². The third-order valence-electron chi connectivity index (χ3n) is 3.04. The molecule has 0 saturated heterocycles. The van der Waals surface area contributed by atoms with Crippen molar-refractivity contribution in [2.24, 2.45) is 0 Å². The summed E-state index contributed by atoms with van der Waals surface area (Å²) in [5, 5.41) is 3.64. The molecule has 0 aliphatic heterocycles. The zero-order valence-corrected chi connectivity index (χ0v) is 13.9. The smallest absolute Gasteiger partial charge is 0.221 e. The van der Waals surface area contributed by atoms with Gasteiger partial charge in [-0.2, -0.15) is 0 Å². The molecule has 3 nitrogen and oxygen atoms in total. The molecule has 1 N–H and O–H groups in total. The number of carbonyl (C=O) groups is 1. The maximum atomic E-state index is 11.8. The predicted molar refractivity (Wildman–Crippen MR) is 91.6 cm³/mol. The topological polar surface area (TPSA) is 38.3 Å². The van der Waals surface area contributed by atoms with Crippen LogP contribution in [0.15, 0.2) is 53.4 Å². The summed E-state index contributed by atoms with van der Waals surface area (Å²) < 4.78 is 5.16. The number of hydrogen-bond acceptors (Lipinski definition) is 3. The molecule has 5 heteroatoms. The standard InChI is InChI=1S/C17H18ClNO2S/c1-21-15-4-2-3-13(11-15)12-19-17(20)9-10-22-16-7-5-14(18)6-8-16/h2-8,11H,9-10,12H2,1H3,(H,19,20). The van der Waals surface area contributed by atoms with Gasteiger partial charge in [0.05, 0.1) is 7.11 Å². The Hall–Kier alpha value is -1.65. The number of nitrogens with one attached hydrogen (secondary N) is 1. The molecule has 1 amide bonds. The quantitative estimate of drug-likeness (QED) is 0.772. The second-order valence-corrected chi connectivity index (χ2v) is 6.29. The van der Waals surface area contributed by atoms with E-state index in [0.717, 1.165) is 27.0 Å². The van der Waals surface area contributed by atoms with E-state index >= 15 is 0 Å². The Balaban J connectivity index is 1.70. The second-order valence-electron chi connectivity index (χ2n) is 4.68. The van der Waals surface area contributed by atoms with Crippen molar-refractivity contribution >= 4 is 29.3 Å². The predicted octanol–water partition coefficient (Wildman–Crippen LogP) is 4.15. The number of halogens is 1. The van der Waals surface area contributed by atoms with E-state index in [4.69, 9.17) is 16.3 Å². The first-order valence-electron chi connectivity index (χ1n) is 6.95. The first kappa shape index (κ1) is 16.7. The van der Waals surface area contributed by atoms with Crippen LogP contribution in [-0.4, -0.2) is 18.8 Å². The highest BCUT2D eigenvalue weighted by molar-refractivity contribution is 7.99. The minimum atomic E-state index is 0.0456. The lowest BCUT2D eigenvalue weighted by molar-refractivity contribution is -0.120. The number of carbonyl (C=O) groups excluding carboxylic acids is 1. The van der Waals surface area contributed by atoms with Crippen LogP contribution < -0.4 is 10.1 Å². The van der Waals surface area contributed by atoms with Gasteiger partial charge >= 0.3 is 0 Å². The van der Waals surface area contributed by atoms with Crippen molar-refractivity contribution in [3.63, 3.8) is 0 Å². The van der Waals surface area contributed by atoms with Crippen LogP contribution >= 0.6 is 23.4 Å². The molecule has 0 atom stereocenters. The molecule has 0 heterocycles. The number of ether oxygens (including phenoxy) is 1. The second kappa shape index (κ2) is 8.71. The number of thioether (sulfide) groups is 1. The lowest BCUT2D eigenvalue weighted by atomic mass is 10.2. The number of amides is 1. The lowest BCUT2D eigenvalue weighted by Gasteiger charge is -2.07. The monoisotopic (exact) mass is 335 g/mol. The van der Waals surface area contributed by atoms with Gasteiger partial charge in [0.15, 0.2) is 0 Å². The molecule has 0 fully saturated rings. The van der Waals surface area contributed by atoms with Gasteiger partial charge < -0.3 is 10.1 Å². The zero-order chi connectivity index (χ0) is 15.8. The molecule has 0 aliphatic carbocycles. The van der Waals surface area contributed by atoms with E-state index in [0.29, 0.717) is 13.0 Å². The Morgan fingerprint density at radius 1 is 1.23 bits per heavy atom. The van der Waals surface area contributed by atoms with Crippen molar-refractivity contribution in [1.29, 1.82) is 0 Å². The highest BCUT2D eigenvalue weighted by Crippen LogP contribution is 2.20. The van der Waals surface area contributed by atoms with Gasteiger partial charge in [-0.1, -0.05) is 23.7 Å². The summed E-state index contributed by atoms with van der Waals surface area (Å²) in [6, 6.07) is 15.3. The Bertz CT molecular complexity index is 616. The molecule has 116 valence electrons. The molecular weight excluding hydrogens is 318 g/mol. The van der Waals surface area contributed by atoms with Crippen LogP contribution in [0.25, 0.3) is 0 Å². The number of hydrogen-bond donors (Lipinski definition) is 1. The van der Waals surface area contributed by atoms with Gasteiger partial charge in [0.1, 0.15) is 5.75 Å². The van der Waals surface area contributed by atoms with Gasteiger partial charge in [0.25, 0.3) is 0 Å². The maximum absolute atomic E-state index is 11.8. The largest absolute Gasteiger partial charge is 0.497 e. The summed E-state index contributed by atoms with van der Waals surface area (Å²) in [4.78, 5) is 13.0. The van der Waals surface area contributed by atoms with Crippen molar-refractivity contribution in [2.45, 2.75) is 17.9 Å². The molecule has 22 heavy (non-hydrogen) atoms. The first-order valence-corrected chi connectivity index (χ1v) is 8.32. The van der Waals surface area contributed by atoms with E-state index in [1.807, 2.05) is 48.5 Å². The number of methoxy groups -OCH3 is 1. The molecule has 0 aliphatic rings. The fraction of sp³-hybridized carbons (Fsp3) is 0.235. The fourth-order valence-electron chi connectivity index (χ4n) is 1.86. The Morgan fingerprint density at radius 2 is 2.00 bits per heavy atom. The maximum Gasteiger partial charge on any atom is 0.221 e. The average molecular weight is 336 g/mol. The third-order valence-corrected chi connectivity index (χ3v) is 4.30. The van der Waals surface area contributed by atoms with Crippen molar-refractivity contribution in [2.75, 3.05) is 12.9 Å². The van der Waals surface area contributed by atoms with E-state index in [-0.39, 0.29) is 5.91 Å². The van der Waals surface area contributed by atoms with Crippen molar-refractivity contribution in [3.8, 4) is 5.75 Å². The molecular formula is C17H18ClNO2S. The van der Waals surface area contributed by atoms with Gasteiger partial charge in [-0.05, 0) is 42.0 Å². The van der Waals surface area contributed by atoms with Crippen molar-refractivity contribution < 1.29 is 9.53 Å². The molecule has 0 radical (unpaired) electrons. The molecule has 0 saturated carbocycles. The molecule has 2 rings (SSSR count). The van der Waals surface area contributed by atoms with Crippen LogP contribution in [0, 0.1) is 0 Å². The summed E-state index contributed by atoms with van der Waals surface area (Å²) in [5.41, 5.74) is 1.03. The molecule has 2 aromatic rings. The van der Waals surface area contributed by atoms with Crippen LogP contribution in [0.1, 0.15) is 12.0 Å². The van der Waals surface area contributed by atoms with E-state index in [1.165, 1.54) is 0 Å². The van der Waals surface area contributed by atoms with E-state index < -0.39 is 0 Å². The average Bonchev–Trinajstić information content (AvgIpc) is 2.55. The Labute approximate surface area is 140 Å². The highest BCUT2D eigenvalue weighted by atomic mass is 35.5. The minimum Gasteiger partial charge on any atom is -0.497 e. The van der Waals surface area contributed by atoms with E-state index in [1.54, 1.807) is 18.9 Å². The summed E-state index contributed by atoms with van der Waals surface area (Å²) in [6.07, 6.45) is 0.483. The fourth-order valence-corrected chi connectivity index (χ4v) is 2.84. The molecule has 0 aromatic heterocycles. The van der Waals surface area contributed by atoms with E-state index in [9.17, 15) is 4.79 Å². The summed E-state index contributed by atoms with van der Waals surface area (Å²) in [5.74, 6) is 1.58. The van der Waals surface area contributed by atoms with Crippen LogP contribution in [0.2, 0.25) is 5.02 Å². The number of benzene rings is 2. The zero-order valence-electron chi connectivity index (χ0n) is 12.3. The molecule has 0 spiro atoms. The highest BCUT2D eigenvalue weighted by Gasteiger charge is 2.03. The van der Waals surface area contributed by atoms with Gasteiger partial charge in [0, 0.05) is 28.6 Å². The summed E-state index contributed by atoms with van der Waals surface area (Å²) >= 11 is 7.48. The Morgan fingerprint density at radius 3 is 2.73 bits per heavy atom. The minimum absolute atomic E-state index is 0.0456. The number of rotatable bonds is 7. The third kappa shape index (κ3) is 5.62. The van der Waals surface area contributed by atoms with Crippen molar-refractivity contribution in [1.82, 2.24) is 5.32 Å². The van der Waals surface area contributed by atoms with Crippen molar-refractivity contribution in [3.05, 3.63) is 59.1 Å². The first-order chi connectivity index (χ1) is 10.7. The summed E-state index contributed by atoms with van der Waals surface area (Å²) in [6.45, 7) is 0.516. The lowest BCUT2D eigenvalue weighted by Crippen LogP contribution is -2.22. The molecule has 0 bridgehead atoms. The molecule has 0 unspecified atom stereocenters. The van der Waals surface area contributed by atoms with Crippen LogP contribution in [0.4, 0.5) is 0 Å². The van der Waals surface area contributed by atoms with Gasteiger partial charge in [-0.25, -0.2) is 0 Å². The van der Waals surface area contributed by atoms with Crippen LogP contribution in [-0.2, 0) is 11.3 Å². The Kier molecular flexibility index (Phi) is 6.62.